The Morgan fingerprint density at radius 3 is 2.31 bits per heavy atom. The quantitative estimate of drug-likeness (QED) is 0.664. The lowest BCUT2D eigenvalue weighted by molar-refractivity contribution is -0.121. The molecule has 3 rings (SSSR count). The number of halogens is 1. The van der Waals surface area contributed by atoms with Gasteiger partial charge < -0.3 is 5.32 Å². The summed E-state index contributed by atoms with van der Waals surface area (Å²) in [5.74, 6) is -0.0688. The van der Waals surface area contributed by atoms with Crippen LogP contribution < -0.4 is 11.0 Å². The second-order valence-electron chi connectivity index (χ2n) is 6.26. The highest BCUT2D eigenvalue weighted by molar-refractivity contribution is 9.10. The Bertz CT molecular complexity index is 973. The molecular formula is C20H22BrN3O2. The van der Waals surface area contributed by atoms with Gasteiger partial charge in [0.2, 0.25) is 5.91 Å². The van der Waals surface area contributed by atoms with Gasteiger partial charge in [-0.1, -0.05) is 40.2 Å². The Kier molecular flexibility index (Phi) is 5.61. The third-order valence-corrected chi connectivity index (χ3v) is 5.08. The predicted octanol–water partition coefficient (Wildman–Crippen LogP) is 3.85. The van der Waals surface area contributed by atoms with Crippen molar-refractivity contribution in [2.24, 2.45) is 0 Å². The van der Waals surface area contributed by atoms with Gasteiger partial charge in [0, 0.05) is 24.0 Å². The fourth-order valence-electron chi connectivity index (χ4n) is 3.16. The predicted molar refractivity (Wildman–Crippen MR) is 107 cm³/mol. The number of rotatable bonds is 6. The lowest BCUT2D eigenvalue weighted by Crippen LogP contribution is -2.30. The molecule has 6 heteroatoms. The normalized spacial score (nSPS) is 12.3. The van der Waals surface area contributed by atoms with Crippen molar-refractivity contribution >= 4 is 32.9 Å². The number of nitrogens with one attached hydrogen (secondary N) is 1. The smallest absolute Gasteiger partial charge is 0.329 e. The Morgan fingerprint density at radius 2 is 1.69 bits per heavy atom. The minimum atomic E-state index is -0.0793. The van der Waals surface area contributed by atoms with Crippen LogP contribution in [0.3, 0.4) is 0 Å². The fraction of sp³-hybridized carbons (Fsp3) is 0.300. The van der Waals surface area contributed by atoms with E-state index in [4.69, 9.17) is 0 Å². The molecule has 0 aliphatic heterocycles. The summed E-state index contributed by atoms with van der Waals surface area (Å²) in [5.41, 5.74) is 2.75. The molecule has 0 unspecified atom stereocenters. The molecule has 136 valence electrons. The van der Waals surface area contributed by atoms with Gasteiger partial charge in [-0.2, -0.15) is 0 Å². The summed E-state index contributed by atoms with van der Waals surface area (Å²) in [6.07, 6.45) is 0.262. The number of aromatic nitrogens is 2. The summed E-state index contributed by atoms with van der Waals surface area (Å²) in [6.45, 7) is 4.88. The maximum absolute atomic E-state index is 12.6. The molecule has 0 aliphatic carbocycles. The summed E-state index contributed by atoms with van der Waals surface area (Å²) < 4.78 is 4.42. The lowest BCUT2D eigenvalue weighted by atomic mass is 10.1. The van der Waals surface area contributed by atoms with E-state index in [9.17, 15) is 9.59 Å². The van der Waals surface area contributed by atoms with Gasteiger partial charge in [-0.25, -0.2) is 4.79 Å². The van der Waals surface area contributed by atoms with Crippen LogP contribution in [0, 0.1) is 0 Å². The van der Waals surface area contributed by atoms with Crippen LogP contribution in [0.25, 0.3) is 11.0 Å². The Morgan fingerprint density at radius 1 is 1.08 bits per heavy atom. The number of hydrogen-bond acceptors (Lipinski definition) is 2. The fourth-order valence-corrected chi connectivity index (χ4v) is 3.42. The third kappa shape index (κ3) is 3.75. The van der Waals surface area contributed by atoms with E-state index in [2.05, 4.69) is 21.2 Å². The summed E-state index contributed by atoms with van der Waals surface area (Å²) in [5, 5.41) is 3.00. The Balaban J connectivity index is 1.70. The topological polar surface area (TPSA) is 56.0 Å². The van der Waals surface area contributed by atoms with Crippen LogP contribution >= 0.6 is 15.9 Å². The molecule has 3 aromatic rings. The summed E-state index contributed by atoms with van der Waals surface area (Å²) in [6, 6.07) is 15.5. The zero-order valence-corrected chi connectivity index (χ0v) is 16.5. The zero-order valence-electron chi connectivity index (χ0n) is 14.9. The maximum Gasteiger partial charge on any atom is 0.329 e. The highest BCUT2D eigenvalue weighted by Gasteiger charge is 2.14. The minimum absolute atomic E-state index is 0.0672. The number of imidazole rings is 1. The van der Waals surface area contributed by atoms with Gasteiger partial charge in [0.05, 0.1) is 17.1 Å². The van der Waals surface area contributed by atoms with E-state index in [0.717, 1.165) is 21.1 Å². The van der Waals surface area contributed by atoms with E-state index in [1.165, 1.54) is 0 Å². The number of fused-ring (bicyclic) bond motifs is 1. The van der Waals surface area contributed by atoms with Gasteiger partial charge in [-0.15, -0.1) is 0 Å². The third-order valence-electron chi connectivity index (χ3n) is 4.55. The zero-order chi connectivity index (χ0) is 18.7. The molecule has 1 atom stereocenters. The van der Waals surface area contributed by atoms with Crippen molar-refractivity contribution in [1.29, 1.82) is 0 Å². The first-order valence-electron chi connectivity index (χ1n) is 8.74. The van der Waals surface area contributed by atoms with Gasteiger partial charge in [0.15, 0.2) is 0 Å². The van der Waals surface area contributed by atoms with E-state index >= 15 is 0 Å². The number of benzene rings is 2. The number of hydrogen-bond donors (Lipinski definition) is 1. The van der Waals surface area contributed by atoms with Crippen LogP contribution in [0.5, 0.6) is 0 Å². The van der Waals surface area contributed by atoms with Gasteiger partial charge in [0.1, 0.15) is 0 Å². The molecule has 0 spiro atoms. The molecule has 26 heavy (non-hydrogen) atoms. The number of carbonyl (C=O) groups is 1. The molecule has 1 aromatic heterocycles. The second kappa shape index (κ2) is 7.91. The van der Waals surface area contributed by atoms with E-state index in [1.807, 2.05) is 62.4 Å². The molecule has 1 N–H and O–H groups in total. The van der Waals surface area contributed by atoms with Crippen molar-refractivity contribution in [1.82, 2.24) is 14.5 Å². The molecule has 0 bridgehead atoms. The molecular weight excluding hydrogens is 394 g/mol. The van der Waals surface area contributed by atoms with Crippen molar-refractivity contribution in [3.63, 3.8) is 0 Å². The highest BCUT2D eigenvalue weighted by atomic mass is 79.9. The maximum atomic E-state index is 12.6. The van der Waals surface area contributed by atoms with Gasteiger partial charge in [0.25, 0.3) is 0 Å². The average Bonchev–Trinajstić information content (AvgIpc) is 2.91. The highest BCUT2D eigenvalue weighted by Crippen LogP contribution is 2.17. The molecule has 1 heterocycles. The van der Waals surface area contributed by atoms with Crippen LogP contribution in [0.15, 0.2) is 57.8 Å². The summed E-state index contributed by atoms with van der Waals surface area (Å²) in [4.78, 5) is 24.9. The SMILES string of the molecule is CCn1c(=O)n(CCC(=O)N[C@@H](C)c2ccc(Br)cc2)c2ccccc21. The number of para-hydroxylation sites is 2. The first-order valence-corrected chi connectivity index (χ1v) is 9.53. The molecule has 0 aliphatic rings. The van der Waals surface area contributed by atoms with E-state index in [0.29, 0.717) is 13.1 Å². The summed E-state index contributed by atoms with van der Waals surface area (Å²) in [7, 11) is 0. The first-order chi connectivity index (χ1) is 12.5. The van der Waals surface area contributed by atoms with E-state index in [-0.39, 0.29) is 24.1 Å². The molecule has 2 aromatic carbocycles. The molecule has 0 saturated carbocycles. The van der Waals surface area contributed by atoms with Crippen molar-refractivity contribution in [2.45, 2.75) is 39.4 Å². The van der Waals surface area contributed by atoms with Crippen molar-refractivity contribution in [3.8, 4) is 0 Å². The van der Waals surface area contributed by atoms with Crippen LogP contribution in [-0.4, -0.2) is 15.0 Å². The average molecular weight is 416 g/mol. The van der Waals surface area contributed by atoms with Crippen LogP contribution in [0.2, 0.25) is 0 Å². The monoisotopic (exact) mass is 415 g/mol. The number of carbonyl (C=O) groups excluding carboxylic acids is 1. The Labute approximate surface area is 160 Å². The Hall–Kier alpha value is -2.34. The van der Waals surface area contributed by atoms with Gasteiger partial charge in [-0.05, 0) is 43.7 Å². The van der Waals surface area contributed by atoms with Crippen molar-refractivity contribution in [2.75, 3.05) is 0 Å². The van der Waals surface area contributed by atoms with E-state index in [1.54, 1.807) is 9.13 Å². The largest absolute Gasteiger partial charge is 0.350 e. The standard InChI is InChI=1S/C20H22BrN3O2/c1-3-23-17-6-4-5-7-18(17)24(20(23)26)13-12-19(25)22-14(2)15-8-10-16(21)11-9-15/h4-11,14H,3,12-13H2,1-2H3,(H,22,25)/t14-/m0/s1. The molecule has 0 saturated heterocycles. The van der Waals surface area contributed by atoms with Crippen LogP contribution in [0.4, 0.5) is 0 Å². The molecule has 5 nitrogen and oxygen atoms in total. The molecule has 1 amide bonds. The number of aryl methyl sites for hydroxylation is 2. The van der Waals surface area contributed by atoms with Gasteiger partial charge in [-0.3, -0.25) is 13.9 Å². The van der Waals surface area contributed by atoms with Gasteiger partial charge >= 0.3 is 5.69 Å². The van der Waals surface area contributed by atoms with Crippen molar-refractivity contribution in [3.05, 3.63) is 69.1 Å². The van der Waals surface area contributed by atoms with E-state index < -0.39 is 0 Å². The van der Waals surface area contributed by atoms with Crippen molar-refractivity contribution < 1.29 is 4.79 Å². The number of amides is 1. The van der Waals surface area contributed by atoms with Crippen LogP contribution in [-0.2, 0) is 17.9 Å². The summed E-state index contributed by atoms with van der Waals surface area (Å²) >= 11 is 3.41. The minimum Gasteiger partial charge on any atom is -0.350 e. The molecule has 0 fully saturated rings. The molecule has 0 radical (unpaired) electrons. The first kappa shape index (κ1) is 18.5. The second-order valence-corrected chi connectivity index (χ2v) is 7.17. The number of nitrogens with zero attached hydrogens (tertiary/aromatic N) is 2. The van der Waals surface area contributed by atoms with Crippen LogP contribution in [0.1, 0.15) is 31.9 Å². The lowest BCUT2D eigenvalue weighted by Gasteiger charge is -2.14.